The molecule has 1 unspecified atom stereocenters. The van der Waals surface area contributed by atoms with Crippen LogP contribution < -0.4 is 9.47 Å². The number of likely N-dealkylation sites (tertiary alicyclic amines) is 1. The number of rotatable bonds is 8. The van der Waals surface area contributed by atoms with E-state index in [0.29, 0.717) is 12.5 Å². The van der Waals surface area contributed by atoms with Crippen molar-refractivity contribution < 1.29 is 14.2 Å². The zero-order valence-electron chi connectivity index (χ0n) is 19.0. The second kappa shape index (κ2) is 11.0. The molecule has 2 fully saturated rings. The first-order valence-electron chi connectivity index (χ1n) is 11.6. The third-order valence-electron chi connectivity index (χ3n) is 6.44. The van der Waals surface area contributed by atoms with E-state index in [-0.39, 0.29) is 0 Å². The summed E-state index contributed by atoms with van der Waals surface area (Å²) in [6.45, 7) is 10.6. The first kappa shape index (κ1) is 22.1. The number of aryl methyl sites for hydroxylation is 1. The molecule has 2 aromatic rings. The highest BCUT2D eigenvalue weighted by atomic mass is 16.5. The summed E-state index contributed by atoms with van der Waals surface area (Å²) < 4.78 is 17.2. The SMILES string of the molecule is COc1ccc(OCCN2CCOCC2)cc1CN1CCCC(c2cccc(C)c2)C1. The lowest BCUT2D eigenvalue weighted by molar-refractivity contribution is 0.0322. The van der Waals surface area contributed by atoms with Crippen LogP contribution in [0.1, 0.15) is 35.4 Å². The Morgan fingerprint density at radius 1 is 1.03 bits per heavy atom. The van der Waals surface area contributed by atoms with Gasteiger partial charge in [-0.2, -0.15) is 0 Å². The Hall–Kier alpha value is -2.08. The summed E-state index contributed by atoms with van der Waals surface area (Å²) >= 11 is 0. The molecule has 2 aromatic carbocycles. The molecule has 0 amide bonds. The number of morpholine rings is 1. The van der Waals surface area contributed by atoms with Crippen LogP contribution >= 0.6 is 0 Å². The van der Waals surface area contributed by atoms with Gasteiger partial charge < -0.3 is 14.2 Å². The molecule has 0 radical (unpaired) electrons. The summed E-state index contributed by atoms with van der Waals surface area (Å²) in [4.78, 5) is 4.96. The van der Waals surface area contributed by atoms with Crippen molar-refractivity contribution in [1.29, 1.82) is 0 Å². The van der Waals surface area contributed by atoms with Crippen LogP contribution in [0.25, 0.3) is 0 Å². The van der Waals surface area contributed by atoms with Gasteiger partial charge in [0.1, 0.15) is 18.1 Å². The highest BCUT2D eigenvalue weighted by molar-refractivity contribution is 5.40. The molecule has 0 spiro atoms. The first-order chi connectivity index (χ1) is 15.2. The van der Waals surface area contributed by atoms with Gasteiger partial charge in [0.05, 0.1) is 20.3 Å². The molecule has 2 aliphatic heterocycles. The molecule has 0 saturated carbocycles. The fourth-order valence-corrected chi connectivity index (χ4v) is 4.72. The Bertz CT molecular complexity index is 835. The number of ether oxygens (including phenoxy) is 3. The molecule has 5 heteroatoms. The van der Waals surface area contributed by atoms with E-state index < -0.39 is 0 Å². The number of hydrogen-bond donors (Lipinski definition) is 0. The lowest BCUT2D eigenvalue weighted by Gasteiger charge is -2.33. The van der Waals surface area contributed by atoms with Gasteiger partial charge in [-0.3, -0.25) is 9.80 Å². The van der Waals surface area contributed by atoms with Gasteiger partial charge in [-0.1, -0.05) is 29.8 Å². The lowest BCUT2D eigenvalue weighted by Crippen LogP contribution is -2.38. The summed E-state index contributed by atoms with van der Waals surface area (Å²) in [5.41, 5.74) is 4.02. The summed E-state index contributed by atoms with van der Waals surface area (Å²) in [5.74, 6) is 2.47. The Kier molecular flexibility index (Phi) is 7.84. The van der Waals surface area contributed by atoms with E-state index in [2.05, 4.69) is 47.1 Å². The van der Waals surface area contributed by atoms with Crippen molar-refractivity contribution in [1.82, 2.24) is 9.80 Å². The second-order valence-electron chi connectivity index (χ2n) is 8.76. The number of benzene rings is 2. The van der Waals surface area contributed by atoms with Gasteiger partial charge in [0.15, 0.2) is 0 Å². The quantitative estimate of drug-likeness (QED) is 0.638. The molecule has 31 heavy (non-hydrogen) atoms. The van der Waals surface area contributed by atoms with Crippen LogP contribution in [0.3, 0.4) is 0 Å². The molecule has 5 nitrogen and oxygen atoms in total. The van der Waals surface area contributed by atoms with Crippen molar-refractivity contribution in [3.63, 3.8) is 0 Å². The van der Waals surface area contributed by atoms with E-state index in [0.717, 1.165) is 64.0 Å². The normalized spacial score (nSPS) is 20.5. The largest absolute Gasteiger partial charge is 0.496 e. The molecule has 168 valence electrons. The second-order valence-corrected chi connectivity index (χ2v) is 8.76. The minimum absolute atomic E-state index is 0.604. The third-order valence-corrected chi connectivity index (χ3v) is 6.44. The Balaban J connectivity index is 1.36. The van der Waals surface area contributed by atoms with E-state index in [4.69, 9.17) is 14.2 Å². The van der Waals surface area contributed by atoms with Crippen molar-refractivity contribution in [3.05, 3.63) is 59.2 Å². The van der Waals surface area contributed by atoms with Crippen LogP contribution in [0, 0.1) is 6.92 Å². The predicted molar refractivity (Wildman–Crippen MR) is 124 cm³/mol. The molecule has 2 aliphatic rings. The molecule has 4 rings (SSSR count). The van der Waals surface area contributed by atoms with E-state index in [9.17, 15) is 0 Å². The molecular formula is C26H36N2O3. The van der Waals surface area contributed by atoms with Gasteiger partial charge in [-0.05, 0) is 56.0 Å². The van der Waals surface area contributed by atoms with E-state index >= 15 is 0 Å². The van der Waals surface area contributed by atoms with Crippen LogP contribution in [-0.2, 0) is 11.3 Å². The molecule has 2 heterocycles. The Morgan fingerprint density at radius 3 is 2.71 bits per heavy atom. The van der Waals surface area contributed by atoms with Crippen LogP contribution in [0.2, 0.25) is 0 Å². The van der Waals surface area contributed by atoms with Gasteiger partial charge in [-0.15, -0.1) is 0 Å². The summed E-state index contributed by atoms with van der Waals surface area (Å²) in [6.07, 6.45) is 2.50. The average molecular weight is 425 g/mol. The Morgan fingerprint density at radius 2 is 1.90 bits per heavy atom. The number of piperidine rings is 1. The predicted octanol–water partition coefficient (Wildman–Crippen LogP) is 4.09. The van der Waals surface area contributed by atoms with Crippen LogP contribution in [0.4, 0.5) is 0 Å². The molecule has 0 aromatic heterocycles. The third kappa shape index (κ3) is 6.22. The maximum absolute atomic E-state index is 6.09. The topological polar surface area (TPSA) is 34.2 Å². The maximum atomic E-state index is 6.09. The minimum Gasteiger partial charge on any atom is -0.496 e. The number of nitrogens with zero attached hydrogens (tertiary/aromatic N) is 2. The van der Waals surface area contributed by atoms with Gasteiger partial charge in [0.2, 0.25) is 0 Å². The van der Waals surface area contributed by atoms with Crippen molar-refractivity contribution in [2.75, 3.05) is 59.7 Å². The molecule has 1 atom stereocenters. The highest BCUT2D eigenvalue weighted by Gasteiger charge is 2.22. The zero-order valence-corrected chi connectivity index (χ0v) is 19.0. The van der Waals surface area contributed by atoms with Crippen molar-refractivity contribution in [2.45, 2.75) is 32.2 Å². The van der Waals surface area contributed by atoms with Crippen LogP contribution in [-0.4, -0.2) is 69.5 Å². The van der Waals surface area contributed by atoms with E-state index in [1.807, 2.05) is 12.1 Å². The zero-order chi connectivity index (χ0) is 21.5. The Labute approximate surface area is 186 Å². The van der Waals surface area contributed by atoms with Gasteiger partial charge in [0.25, 0.3) is 0 Å². The standard InChI is InChI=1S/C26H36N2O3/c1-21-5-3-6-22(17-21)23-7-4-10-28(19-23)20-24-18-25(8-9-26(24)29-2)31-16-13-27-11-14-30-15-12-27/h3,5-6,8-9,17-18,23H,4,7,10-16,19-20H2,1-2H3. The average Bonchev–Trinajstić information content (AvgIpc) is 2.80. The summed E-state index contributed by atoms with van der Waals surface area (Å²) in [6, 6.07) is 15.2. The van der Waals surface area contributed by atoms with E-state index in [1.54, 1.807) is 7.11 Å². The van der Waals surface area contributed by atoms with Gasteiger partial charge in [0, 0.05) is 38.3 Å². The molecule has 0 N–H and O–H groups in total. The van der Waals surface area contributed by atoms with E-state index in [1.165, 1.54) is 29.5 Å². The van der Waals surface area contributed by atoms with Gasteiger partial charge >= 0.3 is 0 Å². The number of methoxy groups -OCH3 is 1. The molecule has 0 bridgehead atoms. The van der Waals surface area contributed by atoms with Crippen LogP contribution in [0.5, 0.6) is 11.5 Å². The first-order valence-corrected chi connectivity index (χ1v) is 11.6. The van der Waals surface area contributed by atoms with Crippen molar-refractivity contribution >= 4 is 0 Å². The van der Waals surface area contributed by atoms with Crippen LogP contribution in [0.15, 0.2) is 42.5 Å². The molecule has 0 aliphatic carbocycles. The molecule has 2 saturated heterocycles. The fraction of sp³-hybridized carbons (Fsp3) is 0.538. The monoisotopic (exact) mass is 424 g/mol. The number of hydrogen-bond acceptors (Lipinski definition) is 5. The molecular weight excluding hydrogens is 388 g/mol. The lowest BCUT2D eigenvalue weighted by atomic mass is 9.89. The van der Waals surface area contributed by atoms with Gasteiger partial charge in [-0.25, -0.2) is 0 Å². The fourth-order valence-electron chi connectivity index (χ4n) is 4.72. The van der Waals surface area contributed by atoms with Crippen molar-refractivity contribution in [2.24, 2.45) is 0 Å². The maximum Gasteiger partial charge on any atom is 0.123 e. The highest BCUT2D eigenvalue weighted by Crippen LogP contribution is 2.31. The van der Waals surface area contributed by atoms with Crippen molar-refractivity contribution in [3.8, 4) is 11.5 Å². The smallest absolute Gasteiger partial charge is 0.123 e. The summed E-state index contributed by atoms with van der Waals surface area (Å²) in [7, 11) is 1.75. The minimum atomic E-state index is 0.604. The summed E-state index contributed by atoms with van der Waals surface area (Å²) in [5, 5.41) is 0.